The summed E-state index contributed by atoms with van der Waals surface area (Å²) in [6.07, 6.45) is 1.06. The summed E-state index contributed by atoms with van der Waals surface area (Å²) in [5.41, 5.74) is 0. The first-order valence-electron chi connectivity index (χ1n) is 3.35. The fraction of sp³-hybridized carbons (Fsp3) is 0.286. The highest BCUT2D eigenvalue weighted by atomic mass is 35.5. The zero-order chi connectivity index (χ0) is 10.1. The van der Waals surface area contributed by atoms with Crippen LogP contribution in [0.4, 0.5) is 0 Å². The first kappa shape index (κ1) is 10.3. The molecule has 0 unspecified atom stereocenters. The molecule has 0 aromatic carbocycles. The molecule has 6 heteroatoms. The average Bonchev–Trinajstić information content (AvgIpc) is 2.01. The van der Waals surface area contributed by atoms with Crippen LogP contribution in [0.5, 0.6) is 5.75 Å². The Hall–Kier alpha value is -0.810. The number of sulfone groups is 1. The highest BCUT2D eigenvalue weighted by molar-refractivity contribution is 7.90. The van der Waals surface area contributed by atoms with Crippen LogP contribution < -0.4 is 4.74 Å². The van der Waals surface area contributed by atoms with Gasteiger partial charge in [0, 0.05) is 18.4 Å². The maximum atomic E-state index is 11.1. The summed E-state index contributed by atoms with van der Waals surface area (Å²) < 4.78 is 27.0. The van der Waals surface area contributed by atoms with Gasteiger partial charge in [0.1, 0.15) is 10.9 Å². The predicted molar refractivity (Wildman–Crippen MR) is 48.9 cm³/mol. The van der Waals surface area contributed by atoms with Crippen LogP contribution in [0.25, 0.3) is 0 Å². The maximum Gasteiger partial charge on any atom is 0.192 e. The molecule has 1 aromatic rings. The number of nitrogens with zero attached hydrogens (tertiary/aromatic N) is 1. The van der Waals surface area contributed by atoms with Crippen LogP contribution in [0.1, 0.15) is 0 Å². The molecule has 0 aliphatic rings. The predicted octanol–water partition coefficient (Wildman–Crippen LogP) is 1.15. The highest BCUT2D eigenvalue weighted by Crippen LogP contribution is 2.19. The van der Waals surface area contributed by atoms with Gasteiger partial charge in [0.15, 0.2) is 14.9 Å². The van der Waals surface area contributed by atoms with Crippen LogP contribution in [0.2, 0.25) is 5.15 Å². The van der Waals surface area contributed by atoms with Gasteiger partial charge in [-0.05, 0) is 0 Å². The Bertz CT molecular complexity index is 416. The minimum absolute atomic E-state index is 0.0862. The third-order valence-electron chi connectivity index (χ3n) is 1.36. The molecule has 0 fully saturated rings. The molecule has 72 valence electrons. The number of hydrogen-bond acceptors (Lipinski definition) is 4. The van der Waals surface area contributed by atoms with Gasteiger partial charge < -0.3 is 4.74 Å². The molecule has 0 radical (unpaired) electrons. The second kappa shape index (κ2) is 3.51. The molecule has 4 nitrogen and oxygen atoms in total. The van der Waals surface area contributed by atoms with Gasteiger partial charge >= 0.3 is 0 Å². The molecule has 0 aliphatic carbocycles. The van der Waals surface area contributed by atoms with Gasteiger partial charge in [-0.15, -0.1) is 0 Å². The van der Waals surface area contributed by atoms with E-state index in [1.54, 1.807) is 0 Å². The van der Waals surface area contributed by atoms with E-state index in [1.807, 2.05) is 0 Å². The molecule has 13 heavy (non-hydrogen) atoms. The molecule has 0 saturated carbocycles. The second-order valence-electron chi connectivity index (χ2n) is 2.44. The van der Waals surface area contributed by atoms with Crippen LogP contribution >= 0.6 is 11.6 Å². The topological polar surface area (TPSA) is 56.3 Å². The Morgan fingerprint density at radius 3 is 2.54 bits per heavy atom. The zero-order valence-electron chi connectivity index (χ0n) is 7.11. The molecule has 0 bridgehead atoms. The summed E-state index contributed by atoms with van der Waals surface area (Å²) >= 11 is 5.58. The van der Waals surface area contributed by atoms with E-state index in [9.17, 15) is 8.42 Å². The first-order chi connectivity index (χ1) is 5.93. The molecule has 0 spiro atoms. The van der Waals surface area contributed by atoms with Crippen molar-refractivity contribution in [2.75, 3.05) is 13.4 Å². The standard InChI is InChI=1S/C7H8ClNO3S/c1-12-5-3-6(8)9-7(4-5)13(2,10)11/h3-4H,1-2H3. The van der Waals surface area contributed by atoms with Crippen molar-refractivity contribution < 1.29 is 13.2 Å². The minimum atomic E-state index is -3.33. The van der Waals surface area contributed by atoms with Crippen LogP contribution in [0.15, 0.2) is 17.2 Å². The normalized spacial score (nSPS) is 11.3. The van der Waals surface area contributed by atoms with Gasteiger partial charge in [-0.3, -0.25) is 0 Å². The van der Waals surface area contributed by atoms with Crippen molar-refractivity contribution in [1.82, 2.24) is 4.98 Å². The average molecular weight is 222 g/mol. The van der Waals surface area contributed by atoms with Gasteiger partial charge in [0.2, 0.25) is 0 Å². The number of ether oxygens (including phenoxy) is 1. The number of rotatable bonds is 2. The van der Waals surface area contributed by atoms with E-state index < -0.39 is 9.84 Å². The fourth-order valence-corrected chi connectivity index (χ4v) is 1.60. The Balaban J connectivity index is 3.33. The lowest BCUT2D eigenvalue weighted by Crippen LogP contribution is -2.01. The second-order valence-corrected chi connectivity index (χ2v) is 4.79. The highest BCUT2D eigenvalue weighted by Gasteiger charge is 2.11. The van der Waals surface area contributed by atoms with E-state index >= 15 is 0 Å². The van der Waals surface area contributed by atoms with E-state index in [2.05, 4.69) is 4.98 Å². The largest absolute Gasteiger partial charge is 0.497 e. The number of aromatic nitrogens is 1. The van der Waals surface area contributed by atoms with Gasteiger partial charge in [-0.2, -0.15) is 0 Å². The van der Waals surface area contributed by atoms with Crippen molar-refractivity contribution >= 4 is 21.4 Å². The van der Waals surface area contributed by atoms with E-state index in [1.165, 1.54) is 19.2 Å². The van der Waals surface area contributed by atoms with E-state index in [-0.39, 0.29) is 10.2 Å². The monoisotopic (exact) mass is 221 g/mol. The van der Waals surface area contributed by atoms with Gasteiger partial charge in [0.05, 0.1) is 7.11 Å². The maximum absolute atomic E-state index is 11.1. The SMILES string of the molecule is COc1cc(Cl)nc(S(C)(=O)=O)c1. The molecular formula is C7H8ClNO3S. The van der Waals surface area contributed by atoms with E-state index in [4.69, 9.17) is 16.3 Å². The smallest absolute Gasteiger partial charge is 0.192 e. The quantitative estimate of drug-likeness (QED) is 0.703. The van der Waals surface area contributed by atoms with Crippen molar-refractivity contribution in [3.05, 3.63) is 17.3 Å². The van der Waals surface area contributed by atoms with Crippen molar-refractivity contribution in [3.8, 4) is 5.75 Å². The number of pyridine rings is 1. The molecule has 1 rings (SSSR count). The van der Waals surface area contributed by atoms with Crippen LogP contribution in [0.3, 0.4) is 0 Å². The third kappa shape index (κ3) is 2.57. The van der Waals surface area contributed by atoms with Crippen LogP contribution in [-0.2, 0) is 9.84 Å². The van der Waals surface area contributed by atoms with E-state index in [0.717, 1.165) is 6.26 Å². The van der Waals surface area contributed by atoms with Crippen molar-refractivity contribution in [3.63, 3.8) is 0 Å². The lowest BCUT2D eigenvalue weighted by atomic mass is 10.4. The zero-order valence-corrected chi connectivity index (χ0v) is 8.69. The van der Waals surface area contributed by atoms with Gasteiger partial charge in [-0.1, -0.05) is 11.6 Å². The summed E-state index contributed by atoms with van der Waals surface area (Å²) in [6.45, 7) is 0. The van der Waals surface area contributed by atoms with Crippen LogP contribution in [-0.4, -0.2) is 26.8 Å². The Kier molecular flexibility index (Phi) is 2.77. The van der Waals surface area contributed by atoms with Crippen molar-refractivity contribution in [2.45, 2.75) is 5.03 Å². The fourth-order valence-electron chi connectivity index (χ4n) is 0.758. The minimum Gasteiger partial charge on any atom is -0.497 e. The third-order valence-corrected chi connectivity index (χ3v) is 2.52. The molecule has 0 atom stereocenters. The molecule has 0 amide bonds. The van der Waals surface area contributed by atoms with Crippen molar-refractivity contribution in [1.29, 1.82) is 0 Å². The van der Waals surface area contributed by atoms with Crippen LogP contribution in [0, 0.1) is 0 Å². The number of halogens is 1. The Morgan fingerprint density at radius 1 is 1.46 bits per heavy atom. The summed E-state index contributed by atoms with van der Waals surface area (Å²) in [5.74, 6) is 0.375. The summed E-state index contributed by atoms with van der Waals surface area (Å²) in [4.78, 5) is 3.65. The molecule has 0 N–H and O–H groups in total. The molecule has 1 heterocycles. The number of methoxy groups -OCH3 is 1. The number of hydrogen-bond donors (Lipinski definition) is 0. The lowest BCUT2D eigenvalue weighted by molar-refractivity contribution is 0.412. The first-order valence-corrected chi connectivity index (χ1v) is 5.62. The summed E-state index contributed by atoms with van der Waals surface area (Å²) in [5, 5.41) is 0.0108. The van der Waals surface area contributed by atoms with Crippen molar-refractivity contribution in [2.24, 2.45) is 0 Å². The molecule has 0 saturated heterocycles. The van der Waals surface area contributed by atoms with Gasteiger partial charge in [-0.25, -0.2) is 13.4 Å². The Labute approximate surface area is 81.4 Å². The van der Waals surface area contributed by atoms with Gasteiger partial charge in [0.25, 0.3) is 0 Å². The summed E-state index contributed by atoms with van der Waals surface area (Å²) in [7, 11) is -1.91. The van der Waals surface area contributed by atoms with E-state index in [0.29, 0.717) is 5.75 Å². The molecular weight excluding hydrogens is 214 g/mol. The molecule has 0 aliphatic heterocycles. The molecule has 1 aromatic heterocycles. The summed E-state index contributed by atoms with van der Waals surface area (Å²) in [6, 6.07) is 2.76. The lowest BCUT2D eigenvalue weighted by Gasteiger charge is -2.02. The Morgan fingerprint density at radius 2 is 2.08 bits per heavy atom.